The van der Waals surface area contributed by atoms with Crippen LogP contribution in [0.1, 0.15) is 26.3 Å². The van der Waals surface area contributed by atoms with E-state index in [-0.39, 0.29) is 11.8 Å². The second kappa shape index (κ2) is 8.82. The van der Waals surface area contributed by atoms with Crippen molar-refractivity contribution >= 4 is 23.2 Å². The number of hydrogen-bond donors (Lipinski definition) is 1. The molecular weight excluding hydrogens is 374 g/mol. The molecule has 0 spiro atoms. The van der Waals surface area contributed by atoms with Gasteiger partial charge in [0.25, 0.3) is 11.8 Å². The normalized spacial score (nSPS) is 13.8. The number of benzene rings is 3. The zero-order valence-electron chi connectivity index (χ0n) is 17.0. The molecule has 1 heterocycles. The first-order valence-corrected chi connectivity index (χ1v) is 10.2. The first kappa shape index (κ1) is 19.7. The van der Waals surface area contributed by atoms with E-state index in [1.54, 1.807) is 0 Å². The first-order valence-electron chi connectivity index (χ1n) is 10.2. The molecule has 1 fully saturated rings. The lowest BCUT2D eigenvalue weighted by Gasteiger charge is -2.37. The number of carbonyl (C=O) groups excluding carboxylic acids is 2. The Morgan fingerprint density at radius 1 is 0.767 bits per heavy atom. The highest BCUT2D eigenvalue weighted by Crippen LogP contribution is 2.27. The van der Waals surface area contributed by atoms with Crippen molar-refractivity contribution < 1.29 is 9.59 Å². The number of nitrogens with zero attached hydrogens (tertiary/aromatic N) is 2. The Bertz CT molecular complexity index is 1040. The van der Waals surface area contributed by atoms with Crippen molar-refractivity contribution in [2.24, 2.45) is 0 Å². The summed E-state index contributed by atoms with van der Waals surface area (Å²) in [6.07, 6.45) is 0. The van der Waals surface area contributed by atoms with Crippen LogP contribution in [-0.2, 0) is 0 Å². The van der Waals surface area contributed by atoms with Gasteiger partial charge < -0.3 is 15.1 Å². The van der Waals surface area contributed by atoms with E-state index in [1.165, 1.54) is 0 Å². The van der Waals surface area contributed by atoms with Crippen LogP contribution < -0.4 is 10.2 Å². The molecule has 0 radical (unpaired) electrons. The molecule has 1 saturated heterocycles. The minimum Gasteiger partial charge on any atom is -0.366 e. The largest absolute Gasteiger partial charge is 0.366 e. The van der Waals surface area contributed by atoms with Crippen molar-refractivity contribution in [3.63, 3.8) is 0 Å². The second-order valence-electron chi connectivity index (χ2n) is 7.49. The fourth-order valence-corrected chi connectivity index (χ4v) is 3.75. The van der Waals surface area contributed by atoms with E-state index in [0.717, 1.165) is 35.6 Å². The van der Waals surface area contributed by atoms with Gasteiger partial charge in [-0.25, -0.2) is 0 Å². The molecule has 152 valence electrons. The van der Waals surface area contributed by atoms with E-state index in [2.05, 4.69) is 10.2 Å². The Kier molecular flexibility index (Phi) is 5.80. The molecule has 3 aromatic rings. The van der Waals surface area contributed by atoms with Crippen molar-refractivity contribution in [2.45, 2.75) is 6.92 Å². The highest BCUT2D eigenvalue weighted by atomic mass is 16.2. The quantitative estimate of drug-likeness (QED) is 0.715. The number of piperazine rings is 1. The molecule has 0 aromatic heterocycles. The minimum atomic E-state index is -0.121. The summed E-state index contributed by atoms with van der Waals surface area (Å²) in [5.74, 6) is -0.0553. The number of carbonyl (C=O) groups is 2. The van der Waals surface area contributed by atoms with Crippen molar-refractivity contribution in [3.8, 4) is 0 Å². The van der Waals surface area contributed by atoms with Gasteiger partial charge in [0, 0.05) is 37.3 Å². The topological polar surface area (TPSA) is 52.7 Å². The lowest BCUT2D eigenvalue weighted by Crippen LogP contribution is -2.49. The van der Waals surface area contributed by atoms with Gasteiger partial charge in [-0.2, -0.15) is 0 Å². The number of aryl methyl sites for hydroxylation is 1. The molecule has 1 N–H and O–H groups in total. The van der Waals surface area contributed by atoms with Crippen LogP contribution in [0, 0.1) is 6.92 Å². The van der Waals surface area contributed by atoms with E-state index >= 15 is 0 Å². The van der Waals surface area contributed by atoms with Crippen LogP contribution in [0.15, 0.2) is 78.9 Å². The standard InChI is InChI=1S/C25H25N3O2/c1-19-8-7-11-21(18-19)24(29)26-22-12-5-6-13-23(22)27-14-16-28(17-15-27)25(30)20-9-3-2-4-10-20/h2-13,18H,14-17H2,1H3,(H,26,29). The van der Waals surface area contributed by atoms with Gasteiger partial charge >= 0.3 is 0 Å². The number of anilines is 2. The zero-order valence-corrected chi connectivity index (χ0v) is 17.0. The molecule has 0 bridgehead atoms. The number of hydrogen-bond acceptors (Lipinski definition) is 3. The van der Waals surface area contributed by atoms with Crippen LogP contribution in [0.5, 0.6) is 0 Å². The lowest BCUT2D eigenvalue weighted by atomic mass is 10.1. The molecule has 1 aliphatic heterocycles. The van der Waals surface area contributed by atoms with Gasteiger partial charge in [0.15, 0.2) is 0 Å². The van der Waals surface area contributed by atoms with Gasteiger partial charge in [-0.3, -0.25) is 9.59 Å². The van der Waals surface area contributed by atoms with Gasteiger partial charge in [-0.15, -0.1) is 0 Å². The van der Waals surface area contributed by atoms with Gasteiger partial charge in [-0.05, 0) is 43.3 Å². The lowest BCUT2D eigenvalue weighted by molar-refractivity contribution is 0.0746. The predicted octanol–water partition coefficient (Wildman–Crippen LogP) is 4.21. The molecule has 5 heteroatoms. The summed E-state index contributed by atoms with van der Waals surface area (Å²) in [5, 5.41) is 3.05. The van der Waals surface area contributed by atoms with E-state index in [4.69, 9.17) is 0 Å². The Hall–Kier alpha value is -3.60. The molecule has 5 nitrogen and oxygen atoms in total. The third-order valence-electron chi connectivity index (χ3n) is 5.36. The fraction of sp³-hybridized carbons (Fsp3) is 0.200. The van der Waals surface area contributed by atoms with Crippen LogP contribution in [0.4, 0.5) is 11.4 Å². The van der Waals surface area contributed by atoms with Gasteiger partial charge in [0.1, 0.15) is 0 Å². The van der Waals surface area contributed by atoms with Crippen molar-refractivity contribution in [3.05, 3.63) is 95.6 Å². The summed E-state index contributed by atoms with van der Waals surface area (Å²) in [4.78, 5) is 29.5. The Morgan fingerprint density at radius 3 is 2.17 bits per heavy atom. The molecule has 1 aliphatic rings. The average molecular weight is 399 g/mol. The number of rotatable bonds is 4. The maximum absolute atomic E-state index is 12.7. The number of nitrogens with one attached hydrogen (secondary N) is 1. The fourth-order valence-electron chi connectivity index (χ4n) is 3.75. The van der Waals surface area contributed by atoms with Crippen LogP contribution >= 0.6 is 0 Å². The smallest absolute Gasteiger partial charge is 0.255 e. The highest BCUT2D eigenvalue weighted by molar-refractivity contribution is 6.06. The summed E-state index contributed by atoms with van der Waals surface area (Å²) in [6.45, 7) is 4.70. The summed E-state index contributed by atoms with van der Waals surface area (Å²) in [6, 6.07) is 24.8. The minimum absolute atomic E-state index is 0.0660. The Labute approximate surface area is 176 Å². The second-order valence-corrected chi connectivity index (χ2v) is 7.49. The summed E-state index contributed by atoms with van der Waals surface area (Å²) in [7, 11) is 0. The van der Waals surface area contributed by atoms with Gasteiger partial charge in [0.05, 0.1) is 11.4 Å². The van der Waals surface area contributed by atoms with E-state index in [9.17, 15) is 9.59 Å². The highest BCUT2D eigenvalue weighted by Gasteiger charge is 2.23. The van der Waals surface area contributed by atoms with Crippen LogP contribution in [-0.4, -0.2) is 42.9 Å². The van der Waals surface area contributed by atoms with Crippen LogP contribution in [0.3, 0.4) is 0 Å². The Balaban J connectivity index is 1.44. The molecular formula is C25H25N3O2. The predicted molar refractivity (Wildman–Crippen MR) is 120 cm³/mol. The van der Waals surface area contributed by atoms with Gasteiger partial charge in [-0.1, -0.05) is 48.0 Å². The monoisotopic (exact) mass is 399 g/mol. The third-order valence-corrected chi connectivity index (χ3v) is 5.36. The summed E-state index contributed by atoms with van der Waals surface area (Å²) >= 11 is 0. The zero-order chi connectivity index (χ0) is 20.9. The molecule has 30 heavy (non-hydrogen) atoms. The Morgan fingerprint density at radius 2 is 1.43 bits per heavy atom. The molecule has 0 unspecified atom stereocenters. The maximum atomic E-state index is 12.7. The molecule has 2 amide bonds. The molecule has 0 aliphatic carbocycles. The number of para-hydroxylation sites is 2. The van der Waals surface area contributed by atoms with Crippen LogP contribution in [0.2, 0.25) is 0 Å². The van der Waals surface area contributed by atoms with E-state index in [1.807, 2.05) is 90.7 Å². The SMILES string of the molecule is Cc1cccc(C(=O)Nc2ccccc2N2CCN(C(=O)c3ccccc3)CC2)c1. The summed E-state index contributed by atoms with van der Waals surface area (Å²) < 4.78 is 0. The molecule has 0 atom stereocenters. The number of amides is 2. The average Bonchev–Trinajstić information content (AvgIpc) is 2.80. The molecule has 4 rings (SSSR count). The van der Waals surface area contributed by atoms with Crippen molar-refractivity contribution in [2.75, 3.05) is 36.4 Å². The third kappa shape index (κ3) is 4.35. The van der Waals surface area contributed by atoms with E-state index in [0.29, 0.717) is 18.7 Å². The maximum Gasteiger partial charge on any atom is 0.255 e. The van der Waals surface area contributed by atoms with Gasteiger partial charge in [0.2, 0.25) is 0 Å². The van der Waals surface area contributed by atoms with Crippen molar-refractivity contribution in [1.82, 2.24) is 4.90 Å². The molecule has 3 aromatic carbocycles. The van der Waals surface area contributed by atoms with Crippen molar-refractivity contribution in [1.29, 1.82) is 0 Å². The van der Waals surface area contributed by atoms with Crippen LogP contribution in [0.25, 0.3) is 0 Å². The van der Waals surface area contributed by atoms with E-state index < -0.39 is 0 Å². The molecule has 0 saturated carbocycles. The first-order chi connectivity index (χ1) is 14.6. The summed E-state index contributed by atoms with van der Waals surface area (Å²) in [5.41, 5.74) is 4.17.